The first-order chi connectivity index (χ1) is 11.8. The van der Waals surface area contributed by atoms with Crippen molar-refractivity contribution < 1.29 is 0 Å². The van der Waals surface area contributed by atoms with E-state index in [-0.39, 0.29) is 0 Å². The number of hydrogen-bond acceptors (Lipinski definition) is 5. The van der Waals surface area contributed by atoms with Crippen LogP contribution in [0.25, 0.3) is 21.6 Å². The topological polar surface area (TPSA) is 50.7 Å². The fourth-order valence-corrected chi connectivity index (χ4v) is 3.47. The lowest BCUT2D eigenvalue weighted by Gasteiger charge is -2.09. The molecule has 4 nitrogen and oxygen atoms in total. The molecule has 4 rings (SSSR count). The molecule has 4 aromatic rings. The number of thiophene rings is 1. The van der Waals surface area contributed by atoms with Crippen molar-refractivity contribution in [1.82, 2.24) is 15.0 Å². The summed E-state index contributed by atoms with van der Waals surface area (Å²) in [5, 5.41) is 4.54. The molecule has 3 aromatic heterocycles. The van der Waals surface area contributed by atoms with Gasteiger partial charge in [0.1, 0.15) is 10.6 Å². The van der Waals surface area contributed by atoms with E-state index in [0.717, 1.165) is 34.0 Å². The van der Waals surface area contributed by atoms with Gasteiger partial charge in [-0.3, -0.25) is 4.98 Å². The van der Waals surface area contributed by atoms with Crippen LogP contribution in [0.1, 0.15) is 10.4 Å². The van der Waals surface area contributed by atoms with E-state index in [2.05, 4.69) is 35.4 Å². The molecule has 1 N–H and O–H groups in total. The molecule has 1 aromatic carbocycles. The summed E-state index contributed by atoms with van der Waals surface area (Å²) in [5.74, 6) is 1.60. The molecule has 0 atom stereocenters. The van der Waals surface area contributed by atoms with Crippen LogP contribution in [-0.2, 0) is 6.54 Å². The van der Waals surface area contributed by atoms with Crippen LogP contribution >= 0.6 is 11.3 Å². The Morgan fingerprint density at radius 2 is 1.79 bits per heavy atom. The molecule has 0 unspecified atom stereocenters. The molecule has 0 aliphatic carbocycles. The number of nitrogens with one attached hydrogen (secondary N) is 1. The van der Waals surface area contributed by atoms with Gasteiger partial charge in [0.05, 0.1) is 5.39 Å². The van der Waals surface area contributed by atoms with E-state index in [9.17, 15) is 0 Å². The van der Waals surface area contributed by atoms with Crippen LogP contribution < -0.4 is 5.32 Å². The number of pyridine rings is 1. The molecule has 0 saturated heterocycles. The lowest BCUT2D eigenvalue weighted by Crippen LogP contribution is -2.03. The maximum atomic E-state index is 4.76. The van der Waals surface area contributed by atoms with Crippen LogP contribution in [0, 0.1) is 6.92 Å². The number of aryl methyl sites for hydroxylation is 1. The lowest BCUT2D eigenvalue weighted by atomic mass is 10.2. The van der Waals surface area contributed by atoms with Gasteiger partial charge in [-0.15, -0.1) is 11.3 Å². The first kappa shape index (κ1) is 14.8. The highest BCUT2D eigenvalue weighted by atomic mass is 32.1. The molecule has 3 heterocycles. The van der Waals surface area contributed by atoms with Crippen LogP contribution in [0.4, 0.5) is 5.82 Å². The van der Waals surface area contributed by atoms with Crippen LogP contribution in [0.3, 0.4) is 0 Å². The third kappa shape index (κ3) is 2.98. The molecule has 0 saturated carbocycles. The fraction of sp³-hybridized carbons (Fsp3) is 0.105. The molecule has 0 spiro atoms. The fourth-order valence-electron chi connectivity index (χ4n) is 2.59. The van der Waals surface area contributed by atoms with Gasteiger partial charge < -0.3 is 5.32 Å². The summed E-state index contributed by atoms with van der Waals surface area (Å²) in [6.45, 7) is 2.83. The number of hydrogen-bond donors (Lipinski definition) is 1. The molecule has 0 amide bonds. The Morgan fingerprint density at radius 1 is 1.00 bits per heavy atom. The smallest absolute Gasteiger partial charge is 0.163 e. The average molecular weight is 332 g/mol. The van der Waals surface area contributed by atoms with Gasteiger partial charge in [-0.05, 0) is 30.7 Å². The summed E-state index contributed by atoms with van der Waals surface area (Å²) in [5.41, 5.74) is 2.20. The van der Waals surface area contributed by atoms with Crippen LogP contribution in [0.2, 0.25) is 0 Å². The predicted molar refractivity (Wildman–Crippen MR) is 99.2 cm³/mol. The van der Waals surface area contributed by atoms with E-state index < -0.39 is 0 Å². The normalized spacial score (nSPS) is 10.9. The van der Waals surface area contributed by atoms with Gasteiger partial charge in [-0.1, -0.05) is 30.3 Å². The zero-order valence-corrected chi connectivity index (χ0v) is 14.0. The molecule has 5 heteroatoms. The van der Waals surface area contributed by atoms with E-state index >= 15 is 0 Å². The van der Waals surface area contributed by atoms with E-state index in [4.69, 9.17) is 9.97 Å². The largest absolute Gasteiger partial charge is 0.365 e. The van der Waals surface area contributed by atoms with E-state index in [1.165, 1.54) is 10.4 Å². The van der Waals surface area contributed by atoms with Gasteiger partial charge in [-0.2, -0.15) is 0 Å². The highest BCUT2D eigenvalue weighted by molar-refractivity contribution is 7.18. The number of fused-ring (bicyclic) bond motifs is 1. The van der Waals surface area contributed by atoms with Crippen molar-refractivity contribution in [1.29, 1.82) is 0 Å². The second kappa shape index (κ2) is 6.37. The molecule has 0 fully saturated rings. The Balaban J connectivity index is 1.75. The molecule has 0 aliphatic rings. The van der Waals surface area contributed by atoms with Crippen molar-refractivity contribution in [2.75, 3.05) is 5.32 Å². The van der Waals surface area contributed by atoms with Crippen molar-refractivity contribution in [3.8, 4) is 11.4 Å². The van der Waals surface area contributed by atoms with Crippen molar-refractivity contribution in [3.63, 3.8) is 0 Å². The third-order valence-corrected chi connectivity index (χ3v) is 4.70. The summed E-state index contributed by atoms with van der Waals surface area (Å²) in [6, 6.07) is 16.3. The van der Waals surface area contributed by atoms with Gasteiger partial charge in [0.15, 0.2) is 5.82 Å². The molecule has 0 radical (unpaired) electrons. The van der Waals surface area contributed by atoms with Crippen molar-refractivity contribution >= 4 is 27.4 Å². The van der Waals surface area contributed by atoms with Crippen molar-refractivity contribution in [3.05, 3.63) is 71.4 Å². The SMILES string of the molecule is Cc1cc2c(NCc3ccccc3)nc(-c3ccncc3)nc2s1. The Hall–Kier alpha value is -2.79. The predicted octanol–water partition coefficient (Wildman–Crippen LogP) is 4.67. The second-order valence-corrected chi connectivity index (χ2v) is 6.78. The number of nitrogens with zero attached hydrogens (tertiary/aromatic N) is 3. The maximum Gasteiger partial charge on any atom is 0.163 e. The minimum Gasteiger partial charge on any atom is -0.365 e. The van der Waals surface area contributed by atoms with Crippen LogP contribution in [0.15, 0.2) is 60.9 Å². The zero-order chi connectivity index (χ0) is 16.4. The van der Waals surface area contributed by atoms with Gasteiger partial charge in [0, 0.05) is 29.4 Å². The average Bonchev–Trinajstić information content (AvgIpc) is 3.01. The number of benzene rings is 1. The van der Waals surface area contributed by atoms with E-state index in [1.807, 2.05) is 30.3 Å². The third-order valence-electron chi connectivity index (χ3n) is 3.76. The Bertz CT molecular complexity index is 965. The summed E-state index contributed by atoms with van der Waals surface area (Å²) in [6.07, 6.45) is 3.53. The zero-order valence-electron chi connectivity index (χ0n) is 13.2. The Morgan fingerprint density at radius 3 is 2.58 bits per heavy atom. The number of aromatic nitrogens is 3. The van der Waals surface area contributed by atoms with Gasteiger partial charge >= 0.3 is 0 Å². The number of anilines is 1. The van der Waals surface area contributed by atoms with E-state index in [1.54, 1.807) is 23.7 Å². The summed E-state index contributed by atoms with van der Waals surface area (Å²) in [4.78, 5) is 15.8. The Kier molecular flexibility index (Phi) is 3.92. The second-order valence-electron chi connectivity index (χ2n) is 5.55. The summed E-state index contributed by atoms with van der Waals surface area (Å²) >= 11 is 1.69. The molecular formula is C19H16N4S. The molecule has 24 heavy (non-hydrogen) atoms. The van der Waals surface area contributed by atoms with Gasteiger partial charge in [0.2, 0.25) is 0 Å². The van der Waals surface area contributed by atoms with Gasteiger partial charge in [0.25, 0.3) is 0 Å². The highest BCUT2D eigenvalue weighted by Gasteiger charge is 2.11. The highest BCUT2D eigenvalue weighted by Crippen LogP contribution is 2.31. The summed E-state index contributed by atoms with van der Waals surface area (Å²) < 4.78 is 0. The number of rotatable bonds is 4. The monoisotopic (exact) mass is 332 g/mol. The quantitative estimate of drug-likeness (QED) is 0.590. The first-order valence-electron chi connectivity index (χ1n) is 7.76. The minimum absolute atomic E-state index is 0.724. The maximum absolute atomic E-state index is 4.76. The lowest BCUT2D eigenvalue weighted by molar-refractivity contribution is 1.11. The summed E-state index contributed by atoms with van der Waals surface area (Å²) in [7, 11) is 0. The van der Waals surface area contributed by atoms with E-state index in [0.29, 0.717) is 0 Å². The van der Waals surface area contributed by atoms with Crippen LogP contribution in [-0.4, -0.2) is 15.0 Å². The van der Waals surface area contributed by atoms with Crippen LogP contribution in [0.5, 0.6) is 0 Å². The van der Waals surface area contributed by atoms with Crippen molar-refractivity contribution in [2.45, 2.75) is 13.5 Å². The Labute approximate surface area is 144 Å². The molecule has 118 valence electrons. The molecular weight excluding hydrogens is 316 g/mol. The minimum atomic E-state index is 0.724. The molecule has 0 aliphatic heterocycles. The molecule has 0 bridgehead atoms. The standard InChI is InChI=1S/C19H16N4S/c1-13-11-16-18(21-12-14-5-3-2-4-6-14)22-17(23-19(16)24-13)15-7-9-20-10-8-15/h2-11H,12H2,1H3,(H,21,22,23). The van der Waals surface area contributed by atoms with Crippen molar-refractivity contribution in [2.24, 2.45) is 0 Å². The van der Waals surface area contributed by atoms with Gasteiger partial charge in [-0.25, -0.2) is 9.97 Å². The first-order valence-corrected chi connectivity index (χ1v) is 8.57.